The second-order valence-electron chi connectivity index (χ2n) is 9.80. The van der Waals surface area contributed by atoms with Crippen LogP contribution in [-0.2, 0) is 10.4 Å². The van der Waals surface area contributed by atoms with E-state index in [1.54, 1.807) is 20.3 Å². The zero-order chi connectivity index (χ0) is 27.2. The van der Waals surface area contributed by atoms with Crippen LogP contribution in [0.5, 0.6) is 11.5 Å². The van der Waals surface area contributed by atoms with Gasteiger partial charge in [-0.1, -0.05) is 91.0 Å². The van der Waals surface area contributed by atoms with Crippen molar-refractivity contribution in [1.82, 2.24) is 0 Å². The zero-order valence-corrected chi connectivity index (χ0v) is 22.2. The molecule has 0 radical (unpaired) electrons. The van der Waals surface area contributed by atoms with Gasteiger partial charge in [-0.05, 0) is 70.7 Å². The highest BCUT2D eigenvalue weighted by molar-refractivity contribution is 5.98. The lowest BCUT2D eigenvalue weighted by molar-refractivity contribution is -0.127. The van der Waals surface area contributed by atoms with Crippen LogP contribution in [0.3, 0.4) is 0 Å². The highest BCUT2D eigenvalue weighted by Crippen LogP contribution is 2.51. The van der Waals surface area contributed by atoms with E-state index in [9.17, 15) is 9.90 Å². The summed E-state index contributed by atoms with van der Waals surface area (Å²) in [4.78, 5) is 14.1. The fourth-order valence-corrected chi connectivity index (χ4v) is 5.47. The van der Waals surface area contributed by atoms with Crippen LogP contribution in [0.15, 0.2) is 121 Å². The summed E-state index contributed by atoms with van der Waals surface area (Å²) >= 11 is 0. The molecule has 0 bridgehead atoms. The first kappa shape index (κ1) is 26.2. The van der Waals surface area contributed by atoms with E-state index < -0.39 is 11.5 Å². The van der Waals surface area contributed by atoms with Gasteiger partial charge in [-0.15, -0.1) is 0 Å². The predicted octanol–water partition coefficient (Wildman–Crippen LogP) is 7.06. The quantitative estimate of drug-likeness (QED) is 0.255. The van der Waals surface area contributed by atoms with Crippen molar-refractivity contribution >= 4 is 17.4 Å². The zero-order valence-electron chi connectivity index (χ0n) is 22.2. The Bertz CT molecular complexity index is 1460. The van der Waals surface area contributed by atoms with Gasteiger partial charge in [-0.3, -0.25) is 4.79 Å². The fraction of sp³-hybridized carbons (Fsp3) is 0.171. The Morgan fingerprint density at radius 3 is 1.95 bits per heavy atom. The van der Waals surface area contributed by atoms with Crippen LogP contribution in [0, 0.1) is 5.92 Å². The summed E-state index contributed by atoms with van der Waals surface area (Å²) in [6.07, 6.45) is 5.90. The average Bonchev–Trinajstić information content (AvgIpc) is 3.00. The number of allylic oxidation sites excluding steroid dienone is 2. The predicted molar refractivity (Wildman–Crippen MR) is 156 cm³/mol. The third kappa shape index (κ3) is 5.57. The minimum atomic E-state index is -1.56. The summed E-state index contributed by atoms with van der Waals surface area (Å²) in [6, 6.07) is 34.9. The summed E-state index contributed by atoms with van der Waals surface area (Å²) < 4.78 is 10.7. The third-order valence-corrected chi connectivity index (χ3v) is 7.50. The van der Waals surface area contributed by atoms with Gasteiger partial charge < -0.3 is 14.6 Å². The number of hydrogen-bond acceptors (Lipinski definition) is 4. The molecule has 196 valence electrons. The number of methoxy groups -OCH3 is 2. The maximum Gasteiger partial charge on any atom is 0.162 e. The molecular formula is C35H32O4. The first-order valence-corrected chi connectivity index (χ1v) is 13.1. The Morgan fingerprint density at radius 2 is 1.36 bits per heavy atom. The molecule has 0 fully saturated rings. The maximum atomic E-state index is 14.1. The van der Waals surface area contributed by atoms with Gasteiger partial charge in [0.1, 0.15) is 17.1 Å². The number of carbonyl (C=O) groups is 1. The topological polar surface area (TPSA) is 55.8 Å². The Hall–Kier alpha value is -4.41. The van der Waals surface area contributed by atoms with Crippen molar-refractivity contribution in [2.45, 2.75) is 17.9 Å². The van der Waals surface area contributed by atoms with Crippen LogP contribution in [0.4, 0.5) is 0 Å². The molecule has 0 aromatic heterocycles. The van der Waals surface area contributed by atoms with Crippen molar-refractivity contribution in [3.63, 3.8) is 0 Å². The first-order valence-electron chi connectivity index (χ1n) is 13.1. The second-order valence-corrected chi connectivity index (χ2v) is 9.80. The molecule has 0 unspecified atom stereocenters. The van der Waals surface area contributed by atoms with Crippen molar-refractivity contribution in [3.05, 3.63) is 144 Å². The molecule has 4 nitrogen and oxygen atoms in total. The molecule has 5 rings (SSSR count). The van der Waals surface area contributed by atoms with Crippen LogP contribution in [0.1, 0.15) is 34.6 Å². The lowest BCUT2D eigenvalue weighted by atomic mass is 9.63. The van der Waals surface area contributed by atoms with Gasteiger partial charge in [0.25, 0.3) is 0 Å². The minimum Gasteiger partial charge on any atom is -0.497 e. The molecule has 3 atom stereocenters. The number of carbonyl (C=O) groups excluding carboxylic acids is 1. The lowest BCUT2D eigenvalue weighted by Gasteiger charge is -2.43. The highest BCUT2D eigenvalue weighted by atomic mass is 16.5. The summed E-state index contributed by atoms with van der Waals surface area (Å²) in [5.74, 6) is 0.322. The Morgan fingerprint density at radius 1 is 0.795 bits per heavy atom. The molecule has 1 aliphatic rings. The molecular weight excluding hydrogens is 484 g/mol. The van der Waals surface area contributed by atoms with Gasteiger partial charge in [-0.2, -0.15) is 0 Å². The summed E-state index contributed by atoms with van der Waals surface area (Å²) in [6.45, 7) is 0. The van der Waals surface area contributed by atoms with Gasteiger partial charge in [0.05, 0.1) is 20.1 Å². The van der Waals surface area contributed by atoms with E-state index in [2.05, 4.69) is 0 Å². The average molecular weight is 517 g/mol. The molecule has 0 saturated heterocycles. The van der Waals surface area contributed by atoms with Crippen molar-refractivity contribution < 1.29 is 19.4 Å². The van der Waals surface area contributed by atoms with Crippen LogP contribution in [0.2, 0.25) is 0 Å². The Balaban J connectivity index is 1.67. The SMILES string of the molecule is COc1ccc(C2=C[C@](O)(c3ccc(OC)cc3)[C@H](C(=O)/C=C/c3ccccc3)[C@H](c3ccccc3)C2)cc1. The molecule has 0 spiro atoms. The van der Waals surface area contributed by atoms with Gasteiger partial charge in [-0.25, -0.2) is 0 Å². The smallest absolute Gasteiger partial charge is 0.162 e. The van der Waals surface area contributed by atoms with E-state index >= 15 is 0 Å². The third-order valence-electron chi connectivity index (χ3n) is 7.50. The van der Waals surface area contributed by atoms with Gasteiger partial charge in [0.2, 0.25) is 0 Å². The maximum absolute atomic E-state index is 14.1. The number of ether oxygens (including phenoxy) is 2. The molecule has 4 heteroatoms. The number of rotatable bonds is 8. The van der Waals surface area contributed by atoms with Crippen molar-refractivity contribution in [2.75, 3.05) is 14.2 Å². The molecule has 1 N–H and O–H groups in total. The molecule has 1 aliphatic carbocycles. The van der Waals surface area contributed by atoms with Crippen molar-refractivity contribution in [3.8, 4) is 11.5 Å². The van der Waals surface area contributed by atoms with E-state index in [0.717, 1.165) is 28.0 Å². The summed E-state index contributed by atoms with van der Waals surface area (Å²) in [5, 5.41) is 12.6. The van der Waals surface area contributed by atoms with Gasteiger partial charge in [0, 0.05) is 5.92 Å². The lowest BCUT2D eigenvalue weighted by Crippen LogP contribution is -2.44. The molecule has 0 saturated carbocycles. The van der Waals surface area contributed by atoms with Crippen LogP contribution >= 0.6 is 0 Å². The monoisotopic (exact) mass is 516 g/mol. The summed E-state index contributed by atoms with van der Waals surface area (Å²) in [7, 11) is 3.25. The number of benzene rings is 4. The number of aliphatic hydroxyl groups is 1. The van der Waals surface area contributed by atoms with E-state index in [4.69, 9.17) is 9.47 Å². The second kappa shape index (κ2) is 11.5. The Labute approximate surface area is 229 Å². The molecule has 39 heavy (non-hydrogen) atoms. The number of ketones is 1. The van der Waals surface area contributed by atoms with Crippen LogP contribution in [0.25, 0.3) is 11.6 Å². The van der Waals surface area contributed by atoms with Gasteiger partial charge >= 0.3 is 0 Å². The fourth-order valence-electron chi connectivity index (χ4n) is 5.47. The van der Waals surface area contributed by atoms with E-state index in [1.165, 1.54) is 0 Å². The number of hydrogen-bond donors (Lipinski definition) is 1. The Kier molecular flexibility index (Phi) is 7.76. The first-order chi connectivity index (χ1) is 19.0. The standard InChI is InChI=1S/C35H32O4/c1-38-30-18-14-26(15-19-30)28-23-32(27-11-7-4-8-12-27)34(33(36)22-13-25-9-5-3-6-10-25)35(37,24-28)29-16-20-31(39-2)21-17-29/h3-22,24,32,34,37H,23H2,1-2H3/b22-13+/t32-,34-,35-/m0/s1. The minimum absolute atomic E-state index is 0.129. The normalized spacial score (nSPS) is 20.8. The summed E-state index contributed by atoms with van der Waals surface area (Å²) in [5.41, 5.74) is 2.98. The van der Waals surface area contributed by atoms with Crippen molar-refractivity contribution in [2.24, 2.45) is 5.92 Å². The molecule has 4 aromatic rings. The molecule has 0 aliphatic heterocycles. The van der Waals surface area contributed by atoms with Gasteiger partial charge in [0.15, 0.2) is 5.78 Å². The highest BCUT2D eigenvalue weighted by Gasteiger charge is 2.48. The van der Waals surface area contributed by atoms with E-state index in [0.29, 0.717) is 17.7 Å². The van der Waals surface area contributed by atoms with Crippen LogP contribution in [-0.4, -0.2) is 25.1 Å². The largest absolute Gasteiger partial charge is 0.497 e. The molecule has 0 heterocycles. The molecule has 0 amide bonds. The van der Waals surface area contributed by atoms with Crippen molar-refractivity contribution in [1.29, 1.82) is 0 Å². The van der Waals surface area contributed by atoms with E-state index in [-0.39, 0.29) is 11.7 Å². The molecule has 4 aromatic carbocycles. The van der Waals surface area contributed by atoms with E-state index in [1.807, 2.05) is 121 Å². The van der Waals surface area contributed by atoms with Crippen LogP contribution < -0.4 is 9.47 Å².